The predicted octanol–water partition coefficient (Wildman–Crippen LogP) is 5.66. The van der Waals surface area contributed by atoms with Gasteiger partial charge in [0.25, 0.3) is 0 Å². The number of carbonyl (C=O) groups excluding carboxylic acids is 2. The Labute approximate surface area is 229 Å². The van der Waals surface area contributed by atoms with Gasteiger partial charge in [-0.2, -0.15) is 0 Å². The maximum Gasteiger partial charge on any atom is 0.335 e. The summed E-state index contributed by atoms with van der Waals surface area (Å²) in [4.78, 5) is 38.2. The van der Waals surface area contributed by atoms with E-state index in [1.54, 1.807) is 41.3 Å². The topological polar surface area (TPSA) is 117 Å². The van der Waals surface area contributed by atoms with Crippen molar-refractivity contribution >= 4 is 45.2 Å². The van der Waals surface area contributed by atoms with Crippen molar-refractivity contribution in [2.45, 2.75) is 19.8 Å². The zero-order chi connectivity index (χ0) is 27.5. The third-order valence-electron chi connectivity index (χ3n) is 5.57. The van der Waals surface area contributed by atoms with Crippen molar-refractivity contribution in [2.75, 3.05) is 37.4 Å². The Morgan fingerprint density at radius 2 is 1.66 bits per heavy atom. The zero-order valence-electron chi connectivity index (χ0n) is 21.2. The van der Waals surface area contributed by atoms with E-state index in [2.05, 4.69) is 26.6 Å². The number of benzene rings is 3. The molecule has 3 N–H and O–H groups in total. The second kappa shape index (κ2) is 14.0. The summed E-state index contributed by atoms with van der Waals surface area (Å²) in [5.74, 6) is -0.0883. The smallest absolute Gasteiger partial charge is 0.335 e. The van der Waals surface area contributed by atoms with Crippen molar-refractivity contribution < 1.29 is 29.0 Å². The first-order chi connectivity index (χ1) is 18.3. The number of nitrogens with one attached hydrogen (secondary N) is 2. The monoisotopic (exact) mass is 583 g/mol. The van der Waals surface area contributed by atoms with Crippen LogP contribution in [0.3, 0.4) is 0 Å². The van der Waals surface area contributed by atoms with E-state index in [0.29, 0.717) is 36.0 Å². The molecule has 9 nitrogen and oxygen atoms in total. The predicted molar refractivity (Wildman–Crippen MR) is 149 cm³/mol. The lowest BCUT2D eigenvalue weighted by Crippen LogP contribution is -2.36. The molecule has 0 unspecified atom stereocenters. The van der Waals surface area contributed by atoms with Crippen LogP contribution in [0.2, 0.25) is 0 Å². The number of para-hydroxylation sites is 1. The fraction of sp³-hybridized carbons (Fsp3) is 0.250. The molecule has 200 valence electrons. The van der Waals surface area contributed by atoms with E-state index in [1.807, 2.05) is 25.1 Å². The summed E-state index contributed by atoms with van der Waals surface area (Å²) in [6.45, 7) is 3.23. The van der Waals surface area contributed by atoms with Gasteiger partial charge in [-0.25, -0.2) is 9.59 Å². The Kier molecular flexibility index (Phi) is 10.5. The van der Waals surface area contributed by atoms with Gasteiger partial charge in [0.15, 0.2) is 0 Å². The molecule has 0 radical (unpaired) electrons. The van der Waals surface area contributed by atoms with Crippen molar-refractivity contribution in [3.05, 3.63) is 82.3 Å². The minimum absolute atomic E-state index is 0.0638. The Morgan fingerprint density at radius 1 is 0.947 bits per heavy atom. The third kappa shape index (κ3) is 8.24. The first kappa shape index (κ1) is 28.5. The number of hydrogen-bond donors (Lipinski definition) is 3. The summed E-state index contributed by atoms with van der Waals surface area (Å²) in [5, 5.41) is 14.5. The number of halogens is 1. The summed E-state index contributed by atoms with van der Waals surface area (Å²) >= 11 is 3.40. The number of ether oxygens (including phenoxy) is 2. The van der Waals surface area contributed by atoms with Crippen LogP contribution in [0.15, 0.2) is 71.2 Å². The lowest BCUT2D eigenvalue weighted by atomic mass is 10.1. The molecular formula is C28H30BrN3O6. The summed E-state index contributed by atoms with van der Waals surface area (Å²) < 4.78 is 11.9. The molecule has 0 saturated carbocycles. The molecule has 0 aliphatic rings. The maximum atomic E-state index is 13.0. The number of methoxy groups -OCH3 is 1. The first-order valence-corrected chi connectivity index (χ1v) is 12.8. The number of carbonyl (C=O) groups is 3. The van der Waals surface area contributed by atoms with E-state index in [9.17, 15) is 14.4 Å². The van der Waals surface area contributed by atoms with Gasteiger partial charge in [0.05, 0.1) is 37.0 Å². The van der Waals surface area contributed by atoms with Gasteiger partial charge in [0.1, 0.15) is 18.1 Å². The van der Waals surface area contributed by atoms with Gasteiger partial charge in [-0.05, 0) is 76.4 Å². The van der Waals surface area contributed by atoms with Gasteiger partial charge < -0.3 is 30.1 Å². The summed E-state index contributed by atoms with van der Waals surface area (Å²) in [6.07, 6.45) is 0.949. The molecule has 0 aliphatic heterocycles. The highest BCUT2D eigenvalue weighted by Gasteiger charge is 2.16. The van der Waals surface area contributed by atoms with E-state index in [1.165, 1.54) is 19.2 Å². The number of nitrogens with zero attached hydrogens (tertiary/aromatic N) is 1. The number of amides is 3. The van der Waals surface area contributed by atoms with Crippen molar-refractivity contribution in [1.82, 2.24) is 4.90 Å². The molecule has 0 aliphatic carbocycles. The van der Waals surface area contributed by atoms with Crippen LogP contribution in [0.1, 0.15) is 29.3 Å². The van der Waals surface area contributed by atoms with Crippen LogP contribution in [0, 0.1) is 0 Å². The molecule has 3 rings (SSSR count). The molecule has 0 bridgehead atoms. The minimum Gasteiger partial charge on any atom is -0.495 e. The van der Waals surface area contributed by atoms with Crippen LogP contribution >= 0.6 is 15.9 Å². The Bertz CT molecular complexity index is 1270. The van der Waals surface area contributed by atoms with Crippen LogP contribution in [0.5, 0.6) is 11.5 Å². The highest BCUT2D eigenvalue weighted by Crippen LogP contribution is 2.27. The fourth-order valence-electron chi connectivity index (χ4n) is 3.67. The molecule has 0 spiro atoms. The van der Waals surface area contributed by atoms with E-state index in [0.717, 1.165) is 16.5 Å². The second-order valence-electron chi connectivity index (χ2n) is 8.33. The number of aromatic carboxylic acids is 1. The lowest BCUT2D eigenvalue weighted by molar-refractivity contribution is -0.130. The van der Waals surface area contributed by atoms with Gasteiger partial charge in [0.2, 0.25) is 5.91 Å². The van der Waals surface area contributed by atoms with Crippen molar-refractivity contribution in [2.24, 2.45) is 0 Å². The Hall–Kier alpha value is -4.05. The average Bonchev–Trinajstić information content (AvgIpc) is 2.90. The number of hydrogen-bond acceptors (Lipinski definition) is 5. The van der Waals surface area contributed by atoms with Gasteiger partial charge >= 0.3 is 12.0 Å². The van der Waals surface area contributed by atoms with Crippen LogP contribution in [0.25, 0.3) is 0 Å². The first-order valence-electron chi connectivity index (χ1n) is 12.0. The second-order valence-corrected chi connectivity index (χ2v) is 9.18. The Morgan fingerprint density at radius 3 is 2.32 bits per heavy atom. The third-order valence-corrected chi connectivity index (χ3v) is 6.26. The average molecular weight is 584 g/mol. The minimum atomic E-state index is -1.000. The molecule has 3 amide bonds. The normalized spacial score (nSPS) is 10.4. The van der Waals surface area contributed by atoms with Gasteiger partial charge in [-0.3, -0.25) is 4.79 Å². The molecular weight excluding hydrogens is 554 g/mol. The molecule has 0 atom stereocenters. The standard InChI is InChI=1S/C28H30BrN3O6/c1-3-14-32(15-16-38-21-11-9-20(10-12-21)27(34)35)26(33)18-19-8-13-24(25(17-19)37-2)31-28(36)30-23-7-5-4-6-22(23)29/h4-13,17H,3,14-16,18H2,1-2H3,(H,34,35)(H2,30,31,36). The largest absolute Gasteiger partial charge is 0.495 e. The van der Waals surface area contributed by atoms with Crippen LogP contribution in [-0.4, -0.2) is 54.7 Å². The number of rotatable bonds is 12. The van der Waals surface area contributed by atoms with Crippen molar-refractivity contribution in [3.8, 4) is 11.5 Å². The summed E-state index contributed by atoms with van der Waals surface area (Å²) in [5.41, 5.74) is 2.03. The quantitative estimate of drug-likeness (QED) is 0.253. The highest BCUT2D eigenvalue weighted by molar-refractivity contribution is 9.10. The molecule has 0 aromatic heterocycles. The fourth-order valence-corrected chi connectivity index (χ4v) is 4.06. The van der Waals surface area contributed by atoms with E-state index >= 15 is 0 Å². The van der Waals surface area contributed by atoms with Gasteiger partial charge in [-0.1, -0.05) is 25.1 Å². The van der Waals surface area contributed by atoms with E-state index < -0.39 is 12.0 Å². The maximum absolute atomic E-state index is 13.0. The molecule has 0 heterocycles. The van der Waals surface area contributed by atoms with E-state index in [-0.39, 0.29) is 24.5 Å². The van der Waals surface area contributed by atoms with Gasteiger partial charge in [0, 0.05) is 11.0 Å². The SMILES string of the molecule is CCCN(CCOc1ccc(C(=O)O)cc1)C(=O)Cc1ccc(NC(=O)Nc2ccccc2Br)c(OC)c1. The van der Waals surface area contributed by atoms with Crippen molar-refractivity contribution in [1.29, 1.82) is 0 Å². The number of carboxylic acids is 1. The molecule has 0 fully saturated rings. The highest BCUT2D eigenvalue weighted by atomic mass is 79.9. The summed E-state index contributed by atoms with van der Waals surface area (Å²) in [7, 11) is 1.50. The van der Waals surface area contributed by atoms with Crippen molar-refractivity contribution in [3.63, 3.8) is 0 Å². The van der Waals surface area contributed by atoms with Crippen LogP contribution < -0.4 is 20.1 Å². The van der Waals surface area contributed by atoms with Gasteiger partial charge in [-0.15, -0.1) is 0 Å². The van der Waals surface area contributed by atoms with E-state index in [4.69, 9.17) is 14.6 Å². The number of carboxylic acid groups (broad SMARTS) is 1. The Balaban J connectivity index is 1.58. The molecule has 3 aromatic carbocycles. The lowest BCUT2D eigenvalue weighted by Gasteiger charge is -2.22. The van der Waals surface area contributed by atoms with Crippen LogP contribution in [-0.2, 0) is 11.2 Å². The number of anilines is 2. The number of urea groups is 1. The molecule has 0 saturated heterocycles. The molecule has 3 aromatic rings. The molecule has 10 heteroatoms. The zero-order valence-corrected chi connectivity index (χ0v) is 22.8. The van der Waals surface area contributed by atoms with Crippen LogP contribution in [0.4, 0.5) is 16.2 Å². The molecule has 38 heavy (non-hydrogen) atoms. The summed E-state index contributed by atoms with van der Waals surface area (Å²) in [6, 6.07) is 18.2.